The van der Waals surface area contributed by atoms with Crippen molar-refractivity contribution < 1.29 is 22.8 Å². The van der Waals surface area contributed by atoms with Crippen LogP contribution in [0.25, 0.3) is 16.8 Å². The first-order valence-electron chi connectivity index (χ1n) is 7.89. The predicted octanol–water partition coefficient (Wildman–Crippen LogP) is 3.15. The lowest BCUT2D eigenvalue weighted by Gasteiger charge is -2.09. The number of alkyl halides is 3. The highest BCUT2D eigenvalue weighted by molar-refractivity contribution is 6.00. The van der Waals surface area contributed by atoms with Crippen molar-refractivity contribution in [1.29, 1.82) is 0 Å². The smallest absolute Gasteiger partial charge is 0.364 e. The zero-order valence-corrected chi connectivity index (χ0v) is 14.2. The molecule has 0 atom stereocenters. The Bertz CT molecular complexity index is 1040. The van der Waals surface area contributed by atoms with Crippen LogP contribution in [-0.4, -0.2) is 21.7 Å². The van der Waals surface area contributed by atoms with Crippen LogP contribution in [0, 0.1) is 0 Å². The number of nitrogens with one attached hydrogen (secondary N) is 1. The molecule has 0 fully saturated rings. The summed E-state index contributed by atoms with van der Waals surface area (Å²) in [6, 6.07) is 10.5. The SMILES string of the molecule is NC(=O)Nc1cn(-c2cccc(-c3ccc(C(F)(F)F)cc3)c2)nc1C(N)=O. The van der Waals surface area contributed by atoms with Crippen LogP contribution in [0.4, 0.5) is 23.7 Å². The number of nitrogens with zero attached hydrogens (tertiary/aromatic N) is 2. The maximum absolute atomic E-state index is 12.7. The van der Waals surface area contributed by atoms with Gasteiger partial charge >= 0.3 is 12.2 Å². The van der Waals surface area contributed by atoms with Crippen molar-refractivity contribution in [1.82, 2.24) is 9.78 Å². The number of nitrogens with two attached hydrogens (primary N) is 2. The second-order valence-corrected chi connectivity index (χ2v) is 5.81. The molecule has 0 bridgehead atoms. The fraction of sp³-hybridized carbons (Fsp3) is 0.0556. The summed E-state index contributed by atoms with van der Waals surface area (Å²) < 4.78 is 39.4. The van der Waals surface area contributed by atoms with E-state index in [4.69, 9.17) is 11.5 Å². The minimum absolute atomic E-state index is 0.0416. The van der Waals surface area contributed by atoms with Gasteiger partial charge in [0.1, 0.15) is 0 Å². The molecule has 2 aromatic carbocycles. The van der Waals surface area contributed by atoms with Crippen LogP contribution in [0.5, 0.6) is 0 Å². The van der Waals surface area contributed by atoms with Crippen molar-refractivity contribution in [2.24, 2.45) is 11.5 Å². The van der Waals surface area contributed by atoms with E-state index in [1.165, 1.54) is 23.0 Å². The van der Waals surface area contributed by atoms with Crippen LogP contribution in [0.1, 0.15) is 16.1 Å². The van der Waals surface area contributed by atoms with Crippen molar-refractivity contribution in [2.45, 2.75) is 6.18 Å². The van der Waals surface area contributed by atoms with Crippen LogP contribution in [0.15, 0.2) is 54.7 Å². The summed E-state index contributed by atoms with van der Waals surface area (Å²) in [6.07, 6.45) is -3.05. The lowest BCUT2D eigenvalue weighted by molar-refractivity contribution is -0.137. The predicted molar refractivity (Wildman–Crippen MR) is 95.7 cm³/mol. The van der Waals surface area contributed by atoms with Gasteiger partial charge in [-0.3, -0.25) is 4.79 Å². The van der Waals surface area contributed by atoms with Crippen LogP contribution < -0.4 is 16.8 Å². The Morgan fingerprint density at radius 3 is 2.25 bits per heavy atom. The highest BCUT2D eigenvalue weighted by Gasteiger charge is 2.30. The molecule has 3 amide bonds. The van der Waals surface area contributed by atoms with Crippen molar-refractivity contribution in [3.8, 4) is 16.8 Å². The molecule has 28 heavy (non-hydrogen) atoms. The third kappa shape index (κ3) is 3.95. The van der Waals surface area contributed by atoms with Crippen molar-refractivity contribution in [3.63, 3.8) is 0 Å². The van der Waals surface area contributed by atoms with Gasteiger partial charge in [-0.2, -0.15) is 18.3 Å². The summed E-state index contributed by atoms with van der Waals surface area (Å²) in [5, 5.41) is 6.30. The van der Waals surface area contributed by atoms with E-state index in [-0.39, 0.29) is 11.4 Å². The van der Waals surface area contributed by atoms with Gasteiger partial charge in [0.2, 0.25) is 0 Å². The number of hydrogen-bond acceptors (Lipinski definition) is 3. The highest BCUT2D eigenvalue weighted by atomic mass is 19.4. The van der Waals surface area contributed by atoms with Gasteiger partial charge in [-0.1, -0.05) is 24.3 Å². The van der Waals surface area contributed by atoms with Crippen LogP contribution >= 0.6 is 0 Å². The number of hydrogen-bond donors (Lipinski definition) is 3. The largest absolute Gasteiger partial charge is 0.416 e. The zero-order chi connectivity index (χ0) is 20.5. The molecular formula is C18H14F3N5O2. The summed E-state index contributed by atoms with van der Waals surface area (Å²) in [5.74, 6) is -0.860. The number of primary amides is 2. The van der Waals surface area contributed by atoms with E-state index in [9.17, 15) is 22.8 Å². The second kappa shape index (κ2) is 7.06. The average Bonchev–Trinajstić information content (AvgIpc) is 3.05. The monoisotopic (exact) mass is 389 g/mol. The maximum Gasteiger partial charge on any atom is 0.416 e. The lowest BCUT2D eigenvalue weighted by atomic mass is 10.0. The molecule has 0 spiro atoms. The average molecular weight is 389 g/mol. The Labute approximate surface area is 156 Å². The van der Waals surface area contributed by atoms with E-state index in [0.717, 1.165) is 12.1 Å². The number of carbonyl (C=O) groups is 2. The molecule has 0 saturated heterocycles. The molecule has 0 unspecified atom stereocenters. The van der Waals surface area contributed by atoms with E-state index < -0.39 is 23.7 Å². The molecule has 3 aromatic rings. The van der Waals surface area contributed by atoms with Crippen LogP contribution in [-0.2, 0) is 6.18 Å². The van der Waals surface area contributed by atoms with E-state index in [1.54, 1.807) is 24.3 Å². The van der Waals surface area contributed by atoms with Gasteiger partial charge in [0.05, 0.1) is 23.1 Å². The zero-order valence-electron chi connectivity index (χ0n) is 14.2. The highest BCUT2D eigenvalue weighted by Crippen LogP contribution is 2.31. The summed E-state index contributed by atoms with van der Waals surface area (Å²) in [5.41, 5.74) is 11.1. The van der Waals surface area contributed by atoms with E-state index in [0.29, 0.717) is 16.8 Å². The third-order valence-electron chi connectivity index (χ3n) is 3.86. The molecule has 5 N–H and O–H groups in total. The number of carbonyl (C=O) groups excluding carboxylic acids is 2. The number of benzene rings is 2. The molecule has 3 rings (SSSR count). The quantitative estimate of drug-likeness (QED) is 0.636. The summed E-state index contributed by atoms with van der Waals surface area (Å²) >= 11 is 0. The molecule has 0 radical (unpaired) electrons. The molecule has 0 aliphatic rings. The standard InChI is InChI=1S/C18H14F3N5O2/c19-18(20,21)12-6-4-10(5-7-12)11-2-1-3-13(8-11)26-9-14(24-17(23)28)15(25-26)16(22)27/h1-9H,(H2,22,27)(H3,23,24,28). The number of rotatable bonds is 4. The van der Waals surface area contributed by atoms with Gasteiger partial charge in [-0.15, -0.1) is 0 Å². The Morgan fingerprint density at radius 2 is 1.68 bits per heavy atom. The number of urea groups is 1. The molecule has 0 saturated carbocycles. The Balaban J connectivity index is 1.98. The van der Waals surface area contributed by atoms with Crippen molar-refractivity contribution >= 4 is 17.6 Å². The topological polar surface area (TPSA) is 116 Å². The molecule has 144 valence electrons. The normalized spacial score (nSPS) is 11.2. The van der Waals surface area contributed by atoms with Gasteiger partial charge < -0.3 is 16.8 Å². The molecule has 10 heteroatoms. The van der Waals surface area contributed by atoms with Gasteiger partial charge in [0.25, 0.3) is 5.91 Å². The Hall–Kier alpha value is -3.82. The molecule has 7 nitrogen and oxygen atoms in total. The summed E-state index contributed by atoms with van der Waals surface area (Å²) in [4.78, 5) is 22.6. The minimum atomic E-state index is -4.41. The molecule has 1 heterocycles. The molecule has 1 aromatic heterocycles. The number of aromatic nitrogens is 2. The summed E-state index contributed by atoms with van der Waals surface area (Å²) in [7, 11) is 0. The second-order valence-electron chi connectivity index (χ2n) is 5.81. The maximum atomic E-state index is 12.7. The first-order valence-corrected chi connectivity index (χ1v) is 7.89. The van der Waals surface area contributed by atoms with Gasteiger partial charge in [0, 0.05) is 0 Å². The number of amides is 3. The van der Waals surface area contributed by atoms with Gasteiger partial charge in [-0.25, -0.2) is 9.48 Å². The number of anilines is 1. The fourth-order valence-electron chi connectivity index (χ4n) is 2.59. The minimum Gasteiger partial charge on any atom is -0.364 e. The molecule has 0 aliphatic carbocycles. The van der Waals surface area contributed by atoms with Crippen LogP contribution in [0.3, 0.4) is 0 Å². The Morgan fingerprint density at radius 1 is 1.00 bits per heavy atom. The van der Waals surface area contributed by atoms with Gasteiger partial charge in [-0.05, 0) is 35.4 Å². The van der Waals surface area contributed by atoms with Gasteiger partial charge in [0.15, 0.2) is 5.69 Å². The Kier molecular flexibility index (Phi) is 4.78. The van der Waals surface area contributed by atoms with E-state index >= 15 is 0 Å². The fourth-order valence-corrected chi connectivity index (χ4v) is 2.59. The molecule has 0 aliphatic heterocycles. The first-order chi connectivity index (χ1) is 13.1. The summed E-state index contributed by atoms with van der Waals surface area (Å²) in [6.45, 7) is 0. The lowest BCUT2D eigenvalue weighted by Crippen LogP contribution is -2.22. The molecular weight excluding hydrogens is 375 g/mol. The van der Waals surface area contributed by atoms with E-state index in [1.807, 2.05) is 0 Å². The number of halogens is 3. The van der Waals surface area contributed by atoms with E-state index in [2.05, 4.69) is 10.4 Å². The first kappa shape index (κ1) is 19.0. The third-order valence-corrected chi connectivity index (χ3v) is 3.86. The van der Waals surface area contributed by atoms with Crippen LogP contribution in [0.2, 0.25) is 0 Å². The van der Waals surface area contributed by atoms with Crippen molar-refractivity contribution in [2.75, 3.05) is 5.32 Å². The van der Waals surface area contributed by atoms with Crippen molar-refractivity contribution in [3.05, 3.63) is 66.0 Å².